The zero-order valence-corrected chi connectivity index (χ0v) is 9.77. The first-order chi connectivity index (χ1) is 7.95. The minimum absolute atomic E-state index is 0.116. The van der Waals surface area contributed by atoms with Crippen molar-refractivity contribution in [3.8, 4) is 5.75 Å². The molecule has 0 aliphatic rings. The van der Waals surface area contributed by atoms with Crippen molar-refractivity contribution in [1.82, 2.24) is 0 Å². The summed E-state index contributed by atoms with van der Waals surface area (Å²) >= 11 is 0. The van der Waals surface area contributed by atoms with Gasteiger partial charge < -0.3 is 15.6 Å². The van der Waals surface area contributed by atoms with Crippen LogP contribution >= 0.6 is 0 Å². The van der Waals surface area contributed by atoms with E-state index in [-0.39, 0.29) is 5.56 Å². The molecule has 0 heterocycles. The third-order valence-corrected chi connectivity index (χ3v) is 2.39. The van der Waals surface area contributed by atoms with E-state index in [4.69, 9.17) is 15.6 Å². The molecular weight excluding hydrogens is 222 g/mol. The second kappa shape index (κ2) is 5.34. The van der Waals surface area contributed by atoms with Crippen LogP contribution in [0.4, 0.5) is 0 Å². The van der Waals surface area contributed by atoms with Crippen molar-refractivity contribution in [1.29, 1.82) is 0 Å². The number of hydrogen-bond donors (Lipinski definition) is 2. The van der Waals surface area contributed by atoms with Gasteiger partial charge in [0.2, 0.25) is 0 Å². The van der Waals surface area contributed by atoms with Crippen molar-refractivity contribution in [3.63, 3.8) is 0 Å². The van der Waals surface area contributed by atoms with Crippen molar-refractivity contribution >= 4 is 11.9 Å². The fourth-order valence-corrected chi connectivity index (χ4v) is 1.36. The summed E-state index contributed by atoms with van der Waals surface area (Å²) in [7, 11) is 0. The Morgan fingerprint density at radius 2 is 2.12 bits per heavy atom. The zero-order valence-electron chi connectivity index (χ0n) is 9.77. The number of rotatable bonds is 5. The number of carbonyl (C=O) groups is 2. The first kappa shape index (κ1) is 13.0. The molecule has 1 amide bonds. The summed E-state index contributed by atoms with van der Waals surface area (Å²) in [6.45, 7) is 3.54. The summed E-state index contributed by atoms with van der Waals surface area (Å²) in [4.78, 5) is 21.9. The van der Waals surface area contributed by atoms with E-state index < -0.39 is 18.0 Å². The molecule has 3 N–H and O–H groups in total. The molecule has 1 aromatic carbocycles. The van der Waals surface area contributed by atoms with Crippen LogP contribution in [0, 0.1) is 6.92 Å². The molecule has 0 aromatic heterocycles. The minimum Gasteiger partial charge on any atom is -0.480 e. The molecule has 0 saturated carbocycles. The van der Waals surface area contributed by atoms with Crippen LogP contribution in [0.15, 0.2) is 18.2 Å². The molecule has 0 bridgehead atoms. The Morgan fingerprint density at radius 3 is 2.59 bits per heavy atom. The van der Waals surface area contributed by atoms with Crippen molar-refractivity contribution < 1.29 is 19.4 Å². The van der Waals surface area contributed by atoms with Gasteiger partial charge in [0, 0.05) is 0 Å². The Morgan fingerprint density at radius 1 is 1.47 bits per heavy atom. The Balaban J connectivity index is 3.00. The van der Waals surface area contributed by atoms with Crippen LogP contribution < -0.4 is 10.5 Å². The van der Waals surface area contributed by atoms with Crippen LogP contribution in [-0.4, -0.2) is 23.1 Å². The number of amides is 1. The standard InChI is InChI=1S/C12H15NO4/c1-3-9(11(13)14)17-10-6-8(12(15)16)5-4-7(10)2/h4-6,9H,3H2,1-2H3,(H2,13,14)(H,15,16). The third kappa shape index (κ3) is 3.21. The number of carboxylic acid groups (broad SMARTS) is 1. The van der Waals surface area contributed by atoms with E-state index in [9.17, 15) is 9.59 Å². The van der Waals surface area contributed by atoms with Gasteiger partial charge in [-0.05, 0) is 31.0 Å². The van der Waals surface area contributed by atoms with Crippen LogP contribution in [0.1, 0.15) is 29.3 Å². The average Bonchev–Trinajstić information content (AvgIpc) is 2.27. The van der Waals surface area contributed by atoms with Gasteiger partial charge in [-0.2, -0.15) is 0 Å². The lowest BCUT2D eigenvalue weighted by atomic mass is 10.1. The number of hydrogen-bond acceptors (Lipinski definition) is 3. The lowest BCUT2D eigenvalue weighted by Crippen LogP contribution is -2.33. The largest absolute Gasteiger partial charge is 0.480 e. The third-order valence-electron chi connectivity index (χ3n) is 2.39. The van der Waals surface area contributed by atoms with Gasteiger partial charge in [0.1, 0.15) is 5.75 Å². The van der Waals surface area contributed by atoms with Gasteiger partial charge in [-0.1, -0.05) is 13.0 Å². The minimum atomic E-state index is -1.04. The van der Waals surface area contributed by atoms with E-state index in [2.05, 4.69) is 0 Å². The number of primary amides is 1. The second-order valence-electron chi connectivity index (χ2n) is 3.70. The molecule has 1 atom stereocenters. The van der Waals surface area contributed by atoms with Crippen LogP contribution in [0.2, 0.25) is 0 Å². The fraction of sp³-hybridized carbons (Fsp3) is 0.333. The Kier molecular flexibility index (Phi) is 4.09. The molecular formula is C12H15NO4. The maximum Gasteiger partial charge on any atom is 0.335 e. The summed E-state index contributed by atoms with van der Waals surface area (Å²) in [5.41, 5.74) is 6.04. The highest BCUT2D eigenvalue weighted by Gasteiger charge is 2.16. The summed E-state index contributed by atoms with van der Waals surface area (Å²) in [6, 6.07) is 4.51. The van der Waals surface area contributed by atoms with Gasteiger partial charge in [-0.3, -0.25) is 4.79 Å². The van der Waals surface area contributed by atoms with E-state index in [1.165, 1.54) is 12.1 Å². The van der Waals surface area contributed by atoms with Crippen molar-refractivity contribution in [2.24, 2.45) is 5.73 Å². The number of carboxylic acids is 1. The van der Waals surface area contributed by atoms with Crippen molar-refractivity contribution in [3.05, 3.63) is 29.3 Å². The molecule has 92 valence electrons. The Bertz CT molecular complexity index is 442. The summed E-state index contributed by atoms with van der Waals surface area (Å²) in [6.07, 6.45) is -0.302. The van der Waals surface area contributed by atoms with Crippen molar-refractivity contribution in [2.45, 2.75) is 26.4 Å². The summed E-state index contributed by atoms with van der Waals surface area (Å²) in [5.74, 6) is -1.23. The molecule has 0 spiro atoms. The molecule has 0 aliphatic heterocycles. The zero-order chi connectivity index (χ0) is 13.0. The van der Waals surface area contributed by atoms with Gasteiger partial charge in [0.25, 0.3) is 5.91 Å². The lowest BCUT2D eigenvalue weighted by Gasteiger charge is -2.16. The smallest absolute Gasteiger partial charge is 0.335 e. The van der Waals surface area contributed by atoms with Gasteiger partial charge in [0.05, 0.1) is 5.56 Å². The topological polar surface area (TPSA) is 89.6 Å². The van der Waals surface area contributed by atoms with E-state index in [1.54, 1.807) is 19.9 Å². The Hall–Kier alpha value is -2.04. The van der Waals surface area contributed by atoms with E-state index in [0.29, 0.717) is 12.2 Å². The quantitative estimate of drug-likeness (QED) is 0.808. The highest BCUT2D eigenvalue weighted by atomic mass is 16.5. The number of carbonyl (C=O) groups excluding carboxylic acids is 1. The summed E-state index contributed by atoms with van der Waals surface area (Å²) < 4.78 is 5.41. The monoisotopic (exact) mass is 237 g/mol. The van der Waals surface area contributed by atoms with Gasteiger partial charge in [-0.15, -0.1) is 0 Å². The summed E-state index contributed by atoms with van der Waals surface area (Å²) in [5, 5.41) is 8.85. The van der Waals surface area contributed by atoms with Crippen LogP contribution in [0.25, 0.3) is 0 Å². The molecule has 0 radical (unpaired) electrons. The molecule has 1 rings (SSSR count). The fourth-order valence-electron chi connectivity index (χ4n) is 1.36. The maximum absolute atomic E-state index is 11.0. The van der Waals surface area contributed by atoms with Gasteiger partial charge >= 0.3 is 5.97 Å². The average molecular weight is 237 g/mol. The van der Waals surface area contributed by atoms with Crippen LogP contribution in [0.5, 0.6) is 5.75 Å². The molecule has 17 heavy (non-hydrogen) atoms. The molecule has 1 aromatic rings. The van der Waals surface area contributed by atoms with Gasteiger partial charge in [-0.25, -0.2) is 4.79 Å². The number of ether oxygens (including phenoxy) is 1. The predicted molar refractivity (Wildman–Crippen MR) is 62.0 cm³/mol. The van der Waals surface area contributed by atoms with Gasteiger partial charge in [0.15, 0.2) is 6.10 Å². The van der Waals surface area contributed by atoms with Crippen LogP contribution in [0.3, 0.4) is 0 Å². The first-order valence-electron chi connectivity index (χ1n) is 5.25. The number of aryl methyl sites for hydroxylation is 1. The Labute approximate surface area is 99.2 Å². The SMILES string of the molecule is CCC(Oc1cc(C(=O)O)ccc1C)C(N)=O. The second-order valence-corrected chi connectivity index (χ2v) is 3.70. The lowest BCUT2D eigenvalue weighted by molar-refractivity contribution is -0.124. The molecule has 0 saturated heterocycles. The van der Waals surface area contributed by atoms with Crippen molar-refractivity contribution in [2.75, 3.05) is 0 Å². The highest BCUT2D eigenvalue weighted by Crippen LogP contribution is 2.21. The van der Waals surface area contributed by atoms with Crippen LogP contribution in [-0.2, 0) is 4.79 Å². The predicted octanol–water partition coefficient (Wildman–Crippen LogP) is 1.34. The number of nitrogens with two attached hydrogens (primary N) is 1. The normalized spacial score (nSPS) is 11.9. The van der Waals surface area contributed by atoms with E-state index in [1.807, 2.05) is 0 Å². The molecule has 1 unspecified atom stereocenters. The molecule has 0 aliphatic carbocycles. The number of aromatic carboxylic acids is 1. The maximum atomic E-state index is 11.0. The number of benzene rings is 1. The molecule has 5 heteroatoms. The highest BCUT2D eigenvalue weighted by molar-refractivity contribution is 5.88. The van der Waals surface area contributed by atoms with E-state index >= 15 is 0 Å². The first-order valence-corrected chi connectivity index (χ1v) is 5.25. The molecule has 5 nitrogen and oxygen atoms in total. The van der Waals surface area contributed by atoms with E-state index in [0.717, 1.165) is 5.56 Å². The molecule has 0 fully saturated rings.